The number of nitrogens with zero attached hydrogens (tertiary/aromatic N) is 2. The van der Waals surface area contributed by atoms with Crippen molar-refractivity contribution in [1.82, 2.24) is 9.78 Å². The molecular weight excluding hydrogens is 406 g/mol. The Labute approximate surface area is 184 Å². The molecule has 1 N–H and O–H groups in total. The number of carbonyl (C=O) groups excluding carboxylic acids is 2. The van der Waals surface area contributed by atoms with Gasteiger partial charge in [-0.25, -0.2) is 9.48 Å². The summed E-state index contributed by atoms with van der Waals surface area (Å²) in [6, 6.07) is 25.2. The minimum absolute atomic E-state index is 0.0501. The van der Waals surface area contributed by atoms with Crippen LogP contribution in [0, 0.1) is 0 Å². The summed E-state index contributed by atoms with van der Waals surface area (Å²) in [5.74, 6) is -1.25. The van der Waals surface area contributed by atoms with Gasteiger partial charge in [0.1, 0.15) is 0 Å². The van der Waals surface area contributed by atoms with Crippen LogP contribution in [0.3, 0.4) is 0 Å². The van der Waals surface area contributed by atoms with Gasteiger partial charge in [0.05, 0.1) is 6.54 Å². The fourth-order valence-electron chi connectivity index (χ4n) is 3.21. The van der Waals surface area contributed by atoms with Gasteiger partial charge in [0.25, 0.3) is 11.5 Å². The summed E-state index contributed by atoms with van der Waals surface area (Å²) >= 11 is 0. The second-order valence-electron chi connectivity index (χ2n) is 7.30. The van der Waals surface area contributed by atoms with Crippen molar-refractivity contribution in [3.05, 3.63) is 107 Å². The van der Waals surface area contributed by atoms with Gasteiger partial charge in [-0.15, -0.1) is 0 Å². The Morgan fingerprint density at radius 2 is 1.66 bits per heavy atom. The van der Waals surface area contributed by atoms with Crippen molar-refractivity contribution in [3.8, 4) is 0 Å². The van der Waals surface area contributed by atoms with Gasteiger partial charge in [0.2, 0.25) is 0 Å². The zero-order valence-corrected chi connectivity index (χ0v) is 17.4. The third-order valence-electron chi connectivity index (χ3n) is 4.92. The third-order valence-corrected chi connectivity index (χ3v) is 4.92. The second-order valence-corrected chi connectivity index (χ2v) is 7.30. The van der Waals surface area contributed by atoms with E-state index in [1.807, 2.05) is 66.7 Å². The van der Waals surface area contributed by atoms with E-state index in [0.717, 1.165) is 16.3 Å². The monoisotopic (exact) mass is 427 g/mol. The molecule has 0 spiro atoms. The Hall–Kier alpha value is -4.26. The zero-order valence-electron chi connectivity index (χ0n) is 17.4. The van der Waals surface area contributed by atoms with E-state index in [-0.39, 0.29) is 17.8 Å². The maximum absolute atomic E-state index is 12.5. The van der Waals surface area contributed by atoms with Crippen LogP contribution >= 0.6 is 0 Å². The number of fused-ring (bicyclic) bond motifs is 1. The molecule has 0 radical (unpaired) electrons. The van der Waals surface area contributed by atoms with E-state index in [1.165, 1.54) is 23.7 Å². The van der Waals surface area contributed by atoms with Crippen molar-refractivity contribution < 1.29 is 14.3 Å². The van der Waals surface area contributed by atoms with Crippen LogP contribution in [0.25, 0.3) is 10.8 Å². The normalized spacial score (nSPS) is 11.7. The number of hydrogen-bond acceptors (Lipinski definition) is 5. The van der Waals surface area contributed by atoms with Crippen molar-refractivity contribution in [3.63, 3.8) is 0 Å². The van der Waals surface area contributed by atoms with E-state index in [4.69, 9.17) is 4.74 Å². The minimum Gasteiger partial charge on any atom is -0.448 e. The summed E-state index contributed by atoms with van der Waals surface area (Å²) in [5.41, 5.74) is 1.08. The molecule has 0 aliphatic rings. The molecule has 0 aliphatic carbocycles. The van der Waals surface area contributed by atoms with Gasteiger partial charge in [0.15, 0.2) is 11.8 Å². The standard InChI is InChI=1S/C25H21N3O4/c1-17(24(30)26-21-12-11-19-9-5-6-10-20(19)15-21)32-25(31)22-13-14-23(29)28(27-22)16-18-7-3-2-4-8-18/h2-15,17H,16H2,1H3,(H,26,30). The summed E-state index contributed by atoms with van der Waals surface area (Å²) < 4.78 is 6.46. The predicted molar refractivity (Wildman–Crippen MR) is 121 cm³/mol. The predicted octanol–water partition coefficient (Wildman–Crippen LogP) is 3.63. The number of carbonyl (C=O) groups is 2. The highest BCUT2D eigenvalue weighted by atomic mass is 16.5. The molecule has 1 atom stereocenters. The Morgan fingerprint density at radius 1 is 0.938 bits per heavy atom. The van der Waals surface area contributed by atoms with Crippen LogP contribution in [0.2, 0.25) is 0 Å². The van der Waals surface area contributed by atoms with E-state index in [9.17, 15) is 14.4 Å². The minimum atomic E-state index is -1.05. The maximum atomic E-state index is 12.5. The zero-order chi connectivity index (χ0) is 22.5. The Morgan fingerprint density at radius 3 is 2.44 bits per heavy atom. The number of benzene rings is 3. The first kappa shape index (κ1) is 21.0. The first-order valence-electron chi connectivity index (χ1n) is 10.1. The van der Waals surface area contributed by atoms with E-state index in [1.54, 1.807) is 6.07 Å². The van der Waals surface area contributed by atoms with Crippen LogP contribution in [0.5, 0.6) is 0 Å². The molecule has 7 heteroatoms. The number of nitrogens with one attached hydrogen (secondary N) is 1. The number of hydrogen-bond donors (Lipinski definition) is 1. The van der Waals surface area contributed by atoms with Crippen molar-refractivity contribution in [1.29, 1.82) is 0 Å². The van der Waals surface area contributed by atoms with Gasteiger partial charge in [-0.1, -0.05) is 60.7 Å². The molecule has 160 valence electrons. The lowest BCUT2D eigenvalue weighted by Crippen LogP contribution is -2.31. The topological polar surface area (TPSA) is 90.3 Å². The van der Waals surface area contributed by atoms with Crippen LogP contribution in [0.1, 0.15) is 23.0 Å². The largest absolute Gasteiger partial charge is 0.448 e. The van der Waals surface area contributed by atoms with Gasteiger partial charge < -0.3 is 10.1 Å². The van der Waals surface area contributed by atoms with Crippen LogP contribution in [-0.2, 0) is 16.1 Å². The highest BCUT2D eigenvalue weighted by Gasteiger charge is 2.21. The molecular formula is C25H21N3O4. The average Bonchev–Trinajstić information content (AvgIpc) is 2.81. The number of rotatable bonds is 6. The maximum Gasteiger partial charge on any atom is 0.359 e. The fourth-order valence-corrected chi connectivity index (χ4v) is 3.21. The Kier molecular flexibility index (Phi) is 6.07. The quantitative estimate of drug-likeness (QED) is 0.475. The van der Waals surface area contributed by atoms with E-state index < -0.39 is 18.0 Å². The molecule has 1 heterocycles. The molecule has 0 saturated carbocycles. The van der Waals surface area contributed by atoms with Gasteiger partial charge in [0, 0.05) is 11.8 Å². The molecule has 0 aliphatic heterocycles. The number of aromatic nitrogens is 2. The molecule has 0 bridgehead atoms. The van der Waals surface area contributed by atoms with Crippen LogP contribution < -0.4 is 10.9 Å². The average molecular weight is 427 g/mol. The van der Waals surface area contributed by atoms with Crippen LogP contribution in [-0.4, -0.2) is 27.8 Å². The van der Waals surface area contributed by atoms with Crippen LogP contribution in [0.4, 0.5) is 5.69 Å². The second kappa shape index (κ2) is 9.26. The summed E-state index contributed by atoms with van der Waals surface area (Å²) in [6.07, 6.45) is -1.05. The van der Waals surface area contributed by atoms with Crippen molar-refractivity contribution in [2.24, 2.45) is 0 Å². The molecule has 3 aromatic carbocycles. The molecule has 1 unspecified atom stereocenters. The molecule has 7 nitrogen and oxygen atoms in total. The van der Waals surface area contributed by atoms with Gasteiger partial charge in [-0.05, 0) is 41.5 Å². The lowest BCUT2D eigenvalue weighted by atomic mass is 10.1. The summed E-state index contributed by atoms with van der Waals surface area (Å²) in [7, 11) is 0. The van der Waals surface area contributed by atoms with Crippen molar-refractivity contribution >= 4 is 28.3 Å². The summed E-state index contributed by atoms with van der Waals surface area (Å²) in [5, 5.41) is 8.89. The summed E-state index contributed by atoms with van der Waals surface area (Å²) in [6.45, 7) is 1.70. The lowest BCUT2D eigenvalue weighted by Gasteiger charge is -2.14. The van der Waals surface area contributed by atoms with E-state index in [2.05, 4.69) is 10.4 Å². The van der Waals surface area contributed by atoms with Gasteiger partial charge in [-0.3, -0.25) is 9.59 Å². The molecule has 1 aromatic heterocycles. The Balaban J connectivity index is 1.42. The van der Waals surface area contributed by atoms with Crippen molar-refractivity contribution in [2.75, 3.05) is 5.32 Å². The molecule has 32 heavy (non-hydrogen) atoms. The number of anilines is 1. The van der Waals surface area contributed by atoms with Crippen LogP contribution in [0.15, 0.2) is 89.7 Å². The van der Waals surface area contributed by atoms with Gasteiger partial charge in [-0.2, -0.15) is 5.10 Å². The highest BCUT2D eigenvalue weighted by Crippen LogP contribution is 2.19. The highest BCUT2D eigenvalue weighted by molar-refractivity contribution is 5.98. The molecule has 4 aromatic rings. The van der Waals surface area contributed by atoms with E-state index in [0.29, 0.717) is 5.69 Å². The van der Waals surface area contributed by atoms with E-state index >= 15 is 0 Å². The SMILES string of the molecule is CC(OC(=O)c1ccc(=O)n(Cc2ccccc2)n1)C(=O)Nc1ccc2ccccc2c1. The third kappa shape index (κ3) is 4.89. The number of amides is 1. The smallest absolute Gasteiger partial charge is 0.359 e. The fraction of sp³-hybridized carbons (Fsp3) is 0.120. The molecule has 0 saturated heterocycles. The lowest BCUT2D eigenvalue weighted by molar-refractivity contribution is -0.123. The van der Waals surface area contributed by atoms with Crippen molar-refractivity contribution in [2.45, 2.75) is 19.6 Å². The molecule has 4 rings (SSSR count). The van der Waals surface area contributed by atoms with Gasteiger partial charge >= 0.3 is 5.97 Å². The first-order chi connectivity index (χ1) is 15.5. The summed E-state index contributed by atoms with van der Waals surface area (Å²) in [4.78, 5) is 37.1. The Bertz CT molecular complexity index is 1330. The number of ether oxygens (including phenoxy) is 1. The molecule has 1 amide bonds. The number of esters is 1. The first-order valence-corrected chi connectivity index (χ1v) is 10.1. The molecule has 0 fully saturated rings.